The standard InChI is InChI=1S/C18H21NO3S/c1-15(14-18(20)17-10-6-3-7-11-17)19-23(21,22)13-12-16-8-4-2-5-9-16/h2-13,15,18-20H,14H2,1H3/b13-12+. The number of aliphatic hydroxyl groups is 1. The van der Waals surface area contributed by atoms with E-state index in [-0.39, 0.29) is 6.04 Å². The summed E-state index contributed by atoms with van der Waals surface area (Å²) in [4.78, 5) is 0. The quantitative estimate of drug-likeness (QED) is 0.819. The van der Waals surface area contributed by atoms with Crippen molar-refractivity contribution in [2.45, 2.75) is 25.5 Å². The molecule has 2 unspecified atom stereocenters. The fraction of sp³-hybridized carbons (Fsp3) is 0.222. The molecule has 0 amide bonds. The first-order valence-corrected chi connectivity index (χ1v) is 8.99. The van der Waals surface area contributed by atoms with Crippen molar-refractivity contribution in [3.8, 4) is 0 Å². The van der Waals surface area contributed by atoms with Crippen LogP contribution in [0.15, 0.2) is 66.1 Å². The number of hydrogen-bond donors (Lipinski definition) is 2. The Kier molecular flexibility index (Phi) is 6.10. The first kappa shape index (κ1) is 17.4. The zero-order valence-corrected chi connectivity index (χ0v) is 13.8. The molecule has 0 fully saturated rings. The van der Waals surface area contributed by atoms with E-state index in [1.165, 1.54) is 0 Å². The molecule has 2 N–H and O–H groups in total. The molecular weight excluding hydrogens is 310 g/mol. The van der Waals surface area contributed by atoms with E-state index in [0.717, 1.165) is 16.5 Å². The third kappa shape index (κ3) is 5.98. The van der Waals surface area contributed by atoms with Crippen LogP contribution in [0.25, 0.3) is 6.08 Å². The third-order valence-electron chi connectivity index (χ3n) is 3.37. The molecule has 4 nitrogen and oxygen atoms in total. The van der Waals surface area contributed by atoms with Gasteiger partial charge in [-0.05, 0) is 30.5 Å². The molecule has 0 radical (unpaired) electrons. The van der Waals surface area contributed by atoms with E-state index in [1.54, 1.807) is 13.0 Å². The van der Waals surface area contributed by atoms with Gasteiger partial charge in [-0.1, -0.05) is 60.7 Å². The van der Waals surface area contributed by atoms with Gasteiger partial charge in [0.15, 0.2) is 0 Å². The Labute approximate surface area is 137 Å². The van der Waals surface area contributed by atoms with Crippen molar-refractivity contribution in [2.75, 3.05) is 0 Å². The highest BCUT2D eigenvalue weighted by atomic mass is 32.2. The number of hydrogen-bond acceptors (Lipinski definition) is 3. The Balaban J connectivity index is 1.93. The van der Waals surface area contributed by atoms with Crippen LogP contribution < -0.4 is 4.72 Å². The van der Waals surface area contributed by atoms with Crippen LogP contribution in [-0.4, -0.2) is 19.6 Å². The summed E-state index contributed by atoms with van der Waals surface area (Å²) in [6.45, 7) is 1.74. The molecule has 2 rings (SSSR count). The summed E-state index contributed by atoms with van der Waals surface area (Å²) in [6.07, 6.45) is 1.15. The highest BCUT2D eigenvalue weighted by molar-refractivity contribution is 7.92. The van der Waals surface area contributed by atoms with Gasteiger partial charge in [0.1, 0.15) is 0 Å². The van der Waals surface area contributed by atoms with E-state index in [9.17, 15) is 13.5 Å². The molecule has 0 aliphatic carbocycles. The second-order valence-corrected chi connectivity index (χ2v) is 7.04. The molecule has 0 aliphatic heterocycles. The monoisotopic (exact) mass is 331 g/mol. The summed E-state index contributed by atoms with van der Waals surface area (Å²) in [5.41, 5.74) is 1.59. The normalized spacial score (nSPS) is 14.7. The van der Waals surface area contributed by atoms with Gasteiger partial charge in [0.25, 0.3) is 0 Å². The molecule has 2 atom stereocenters. The smallest absolute Gasteiger partial charge is 0.233 e. The Morgan fingerprint density at radius 3 is 2.22 bits per heavy atom. The van der Waals surface area contributed by atoms with Crippen molar-refractivity contribution in [1.82, 2.24) is 4.72 Å². The topological polar surface area (TPSA) is 66.4 Å². The maximum atomic E-state index is 12.1. The Bertz CT molecular complexity index is 727. The highest BCUT2D eigenvalue weighted by Crippen LogP contribution is 2.18. The molecule has 0 heterocycles. The predicted octanol–water partition coefficient (Wildman–Crippen LogP) is 3.09. The number of benzene rings is 2. The van der Waals surface area contributed by atoms with Crippen molar-refractivity contribution in [3.63, 3.8) is 0 Å². The van der Waals surface area contributed by atoms with Gasteiger partial charge in [0, 0.05) is 11.4 Å². The summed E-state index contributed by atoms with van der Waals surface area (Å²) < 4.78 is 26.7. The van der Waals surface area contributed by atoms with Gasteiger partial charge >= 0.3 is 0 Å². The summed E-state index contributed by atoms with van der Waals surface area (Å²) in [5.74, 6) is 0. The average molecular weight is 331 g/mol. The van der Waals surface area contributed by atoms with E-state index >= 15 is 0 Å². The van der Waals surface area contributed by atoms with E-state index in [1.807, 2.05) is 60.7 Å². The number of sulfonamides is 1. The molecule has 0 spiro atoms. The maximum absolute atomic E-state index is 12.1. The number of nitrogens with one attached hydrogen (secondary N) is 1. The highest BCUT2D eigenvalue weighted by Gasteiger charge is 2.16. The first-order chi connectivity index (χ1) is 11.0. The minimum atomic E-state index is -3.55. The van der Waals surface area contributed by atoms with Crippen LogP contribution in [0.1, 0.15) is 30.6 Å². The van der Waals surface area contributed by atoms with E-state index in [4.69, 9.17) is 0 Å². The number of aliphatic hydroxyl groups excluding tert-OH is 1. The Hall–Kier alpha value is -1.95. The van der Waals surface area contributed by atoms with Crippen LogP contribution in [0.5, 0.6) is 0 Å². The van der Waals surface area contributed by atoms with Crippen molar-refractivity contribution < 1.29 is 13.5 Å². The van der Waals surface area contributed by atoms with Crippen LogP contribution in [0.4, 0.5) is 0 Å². The van der Waals surface area contributed by atoms with Crippen molar-refractivity contribution >= 4 is 16.1 Å². The molecular formula is C18H21NO3S. The lowest BCUT2D eigenvalue weighted by Gasteiger charge is -2.17. The minimum Gasteiger partial charge on any atom is -0.388 e. The molecule has 5 heteroatoms. The molecule has 2 aromatic rings. The van der Waals surface area contributed by atoms with Crippen molar-refractivity contribution in [1.29, 1.82) is 0 Å². The number of rotatable bonds is 7. The van der Waals surface area contributed by atoms with Gasteiger partial charge in [-0.15, -0.1) is 0 Å². The van der Waals surface area contributed by atoms with E-state index < -0.39 is 16.1 Å². The van der Waals surface area contributed by atoms with Gasteiger partial charge in [-0.2, -0.15) is 0 Å². The molecule has 2 aromatic carbocycles. The van der Waals surface area contributed by atoms with Crippen LogP contribution in [0, 0.1) is 0 Å². The average Bonchev–Trinajstić information content (AvgIpc) is 2.54. The molecule has 23 heavy (non-hydrogen) atoms. The van der Waals surface area contributed by atoms with Gasteiger partial charge in [0.05, 0.1) is 6.10 Å². The van der Waals surface area contributed by atoms with Crippen LogP contribution in [0.2, 0.25) is 0 Å². The third-order valence-corrected chi connectivity index (χ3v) is 4.59. The SMILES string of the molecule is CC(CC(O)c1ccccc1)NS(=O)(=O)/C=C/c1ccccc1. The van der Waals surface area contributed by atoms with E-state index in [2.05, 4.69) is 4.72 Å². The minimum absolute atomic E-state index is 0.308. The zero-order valence-electron chi connectivity index (χ0n) is 13.0. The van der Waals surface area contributed by atoms with E-state index in [0.29, 0.717) is 6.42 Å². The Morgan fingerprint density at radius 1 is 1.04 bits per heavy atom. The second kappa shape index (κ2) is 8.06. The summed E-state index contributed by atoms with van der Waals surface area (Å²) in [6, 6.07) is 18.0. The largest absolute Gasteiger partial charge is 0.388 e. The first-order valence-electron chi connectivity index (χ1n) is 7.45. The predicted molar refractivity (Wildman–Crippen MR) is 93.0 cm³/mol. The lowest BCUT2D eigenvalue weighted by atomic mass is 10.0. The zero-order chi connectivity index (χ0) is 16.7. The van der Waals surface area contributed by atoms with Crippen molar-refractivity contribution in [3.05, 3.63) is 77.2 Å². The molecule has 122 valence electrons. The molecule has 0 aliphatic rings. The maximum Gasteiger partial charge on any atom is 0.233 e. The second-order valence-electron chi connectivity index (χ2n) is 5.44. The van der Waals surface area contributed by atoms with Crippen molar-refractivity contribution in [2.24, 2.45) is 0 Å². The fourth-order valence-corrected chi connectivity index (χ4v) is 3.32. The Morgan fingerprint density at radius 2 is 1.61 bits per heavy atom. The fourth-order valence-electron chi connectivity index (χ4n) is 2.25. The summed E-state index contributed by atoms with van der Waals surface area (Å²) >= 11 is 0. The molecule has 0 saturated heterocycles. The molecule has 0 bridgehead atoms. The van der Waals surface area contributed by atoms with Crippen LogP contribution in [0.3, 0.4) is 0 Å². The lowest BCUT2D eigenvalue weighted by Crippen LogP contribution is -2.32. The summed E-state index contributed by atoms with van der Waals surface area (Å²) in [7, 11) is -3.55. The van der Waals surface area contributed by atoms with Gasteiger partial charge in [-0.3, -0.25) is 0 Å². The van der Waals surface area contributed by atoms with Gasteiger partial charge < -0.3 is 5.11 Å². The lowest BCUT2D eigenvalue weighted by molar-refractivity contribution is 0.158. The molecule has 0 saturated carbocycles. The van der Waals surface area contributed by atoms with Crippen LogP contribution >= 0.6 is 0 Å². The van der Waals surface area contributed by atoms with Gasteiger partial charge in [-0.25, -0.2) is 13.1 Å². The van der Waals surface area contributed by atoms with Gasteiger partial charge in [0.2, 0.25) is 10.0 Å². The van der Waals surface area contributed by atoms with Crippen LogP contribution in [-0.2, 0) is 10.0 Å². The molecule has 0 aromatic heterocycles. The summed E-state index contributed by atoms with van der Waals surface area (Å²) in [5, 5.41) is 11.3.